The molecule has 0 aliphatic heterocycles. The monoisotopic (exact) mass is 337 g/mol. The lowest BCUT2D eigenvalue weighted by molar-refractivity contribution is 0.179. The summed E-state index contributed by atoms with van der Waals surface area (Å²) in [5, 5.41) is 13.4. The van der Waals surface area contributed by atoms with Crippen molar-refractivity contribution in [2.24, 2.45) is 4.99 Å². The first kappa shape index (κ1) is 16.8. The Morgan fingerprint density at radius 1 is 1.32 bits per heavy atom. The third-order valence-electron chi connectivity index (χ3n) is 3.23. The van der Waals surface area contributed by atoms with Crippen molar-refractivity contribution in [3.05, 3.63) is 57.2 Å². The van der Waals surface area contributed by atoms with E-state index in [1.807, 2.05) is 54.4 Å². The first-order valence-corrected chi connectivity index (χ1v) is 8.18. The quantitative estimate of drug-likeness (QED) is 0.651. The first-order valence-electron chi connectivity index (χ1n) is 6.99. The number of aliphatic imine (C=N–C) groups is 1. The van der Waals surface area contributed by atoms with Gasteiger partial charge in [-0.1, -0.05) is 41.9 Å². The van der Waals surface area contributed by atoms with Gasteiger partial charge in [0, 0.05) is 25.5 Å². The fraction of sp³-hybridized carbons (Fsp3) is 0.312. The van der Waals surface area contributed by atoms with E-state index in [1.54, 1.807) is 18.4 Å². The molecule has 22 heavy (non-hydrogen) atoms. The maximum atomic E-state index is 10.2. The lowest BCUT2D eigenvalue weighted by atomic mass is 10.1. The molecule has 0 bridgehead atoms. The van der Waals surface area contributed by atoms with Crippen molar-refractivity contribution in [1.29, 1.82) is 0 Å². The van der Waals surface area contributed by atoms with Crippen molar-refractivity contribution in [2.45, 2.75) is 12.6 Å². The largest absolute Gasteiger partial charge is 0.387 e. The fourth-order valence-electron chi connectivity index (χ4n) is 2.11. The smallest absolute Gasteiger partial charge is 0.193 e. The van der Waals surface area contributed by atoms with E-state index in [2.05, 4.69) is 10.3 Å². The number of rotatable bonds is 5. The molecule has 0 saturated carbocycles. The van der Waals surface area contributed by atoms with Crippen molar-refractivity contribution in [3.8, 4) is 0 Å². The second kappa shape index (κ2) is 8.17. The predicted molar refractivity (Wildman–Crippen MR) is 93.6 cm³/mol. The van der Waals surface area contributed by atoms with E-state index in [0.717, 1.165) is 22.4 Å². The van der Waals surface area contributed by atoms with Crippen LogP contribution in [0.15, 0.2) is 47.5 Å². The molecule has 0 saturated heterocycles. The molecule has 4 nitrogen and oxygen atoms in total. The van der Waals surface area contributed by atoms with Gasteiger partial charge >= 0.3 is 0 Å². The van der Waals surface area contributed by atoms with E-state index < -0.39 is 6.10 Å². The lowest BCUT2D eigenvalue weighted by Gasteiger charge is -2.22. The number of aliphatic hydroxyl groups excluding tert-OH is 1. The fourth-order valence-corrected chi connectivity index (χ4v) is 3.25. The zero-order chi connectivity index (χ0) is 15.9. The zero-order valence-electron chi connectivity index (χ0n) is 12.7. The summed E-state index contributed by atoms with van der Waals surface area (Å²) in [4.78, 5) is 7.41. The number of halogens is 1. The molecule has 6 heteroatoms. The Morgan fingerprint density at radius 2 is 2.05 bits per heavy atom. The summed E-state index contributed by atoms with van der Waals surface area (Å²) in [6.07, 6.45) is -0.567. The SMILES string of the molecule is CN=C(NCC(O)c1ccccc1)N(C)Cc1ccc(Cl)s1. The Labute approximate surface area is 140 Å². The van der Waals surface area contributed by atoms with Crippen LogP contribution in [0.1, 0.15) is 16.5 Å². The Kier molecular flexibility index (Phi) is 6.24. The van der Waals surface area contributed by atoms with Crippen LogP contribution < -0.4 is 5.32 Å². The van der Waals surface area contributed by atoms with E-state index >= 15 is 0 Å². The van der Waals surface area contributed by atoms with Gasteiger partial charge in [0.25, 0.3) is 0 Å². The molecular weight excluding hydrogens is 318 g/mol. The standard InChI is InChI=1S/C16H20ClN3OS/c1-18-16(20(2)11-13-8-9-15(17)22-13)19-10-14(21)12-6-4-3-5-7-12/h3-9,14,21H,10-11H2,1-2H3,(H,18,19). The minimum absolute atomic E-state index is 0.409. The maximum absolute atomic E-state index is 10.2. The minimum Gasteiger partial charge on any atom is -0.387 e. The maximum Gasteiger partial charge on any atom is 0.193 e. The van der Waals surface area contributed by atoms with Crippen molar-refractivity contribution in [2.75, 3.05) is 20.6 Å². The normalized spacial score (nSPS) is 13.0. The molecule has 1 heterocycles. The van der Waals surface area contributed by atoms with E-state index in [1.165, 1.54) is 4.88 Å². The summed E-state index contributed by atoms with van der Waals surface area (Å²) in [6.45, 7) is 1.13. The number of hydrogen-bond acceptors (Lipinski definition) is 3. The zero-order valence-corrected chi connectivity index (χ0v) is 14.2. The highest BCUT2D eigenvalue weighted by Crippen LogP contribution is 2.22. The second-order valence-corrected chi connectivity index (χ2v) is 6.72. The number of benzene rings is 1. The van der Waals surface area contributed by atoms with Gasteiger partial charge < -0.3 is 15.3 Å². The number of thiophene rings is 1. The van der Waals surface area contributed by atoms with E-state index in [4.69, 9.17) is 11.6 Å². The highest BCUT2D eigenvalue weighted by molar-refractivity contribution is 7.16. The lowest BCUT2D eigenvalue weighted by Crippen LogP contribution is -2.40. The van der Waals surface area contributed by atoms with E-state index in [9.17, 15) is 5.11 Å². The van der Waals surface area contributed by atoms with Crippen LogP contribution in [0, 0.1) is 0 Å². The topological polar surface area (TPSA) is 47.9 Å². The Balaban J connectivity index is 1.89. The average molecular weight is 338 g/mol. The molecule has 0 aliphatic rings. The molecule has 0 spiro atoms. The van der Waals surface area contributed by atoms with Crippen molar-refractivity contribution in [3.63, 3.8) is 0 Å². The summed E-state index contributed by atoms with van der Waals surface area (Å²) >= 11 is 7.51. The van der Waals surface area contributed by atoms with Gasteiger partial charge in [-0.2, -0.15) is 0 Å². The summed E-state index contributed by atoms with van der Waals surface area (Å²) in [6, 6.07) is 13.5. The highest BCUT2D eigenvalue weighted by Gasteiger charge is 2.11. The number of guanidine groups is 1. The third-order valence-corrected chi connectivity index (χ3v) is 4.45. The Bertz CT molecular complexity index is 615. The van der Waals surface area contributed by atoms with Crippen molar-refractivity contribution < 1.29 is 5.11 Å². The number of nitrogens with one attached hydrogen (secondary N) is 1. The van der Waals surface area contributed by atoms with E-state index in [-0.39, 0.29) is 0 Å². The van der Waals surface area contributed by atoms with Crippen LogP contribution in [-0.2, 0) is 6.54 Å². The van der Waals surface area contributed by atoms with Crippen LogP contribution >= 0.6 is 22.9 Å². The van der Waals surface area contributed by atoms with Gasteiger partial charge in [0.1, 0.15) is 0 Å². The molecule has 2 rings (SSSR count). The minimum atomic E-state index is -0.567. The van der Waals surface area contributed by atoms with Crippen molar-refractivity contribution in [1.82, 2.24) is 10.2 Å². The molecule has 0 fully saturated rings. The first-order chi connectivity index (χ1) is 10.6. The molecule has 118 valence electrons. The number of aliphatic hydroxyl groups is 1. The van der Waals surface area contributed by atoms with Gasteiger partial charge in [0.15, 0.2) is 5.96 Å². The van der Waals surface area contributed by atoms with E-state index in [0.29, 0.717) is 6.54 Å². The number of hydrogen-bond donors (Lipinski definition) is 2. The summed E-state index contributed by atoms with van der Waals surface area (Å²) in [7, 11) is 3.69. The molecule has 1 atom stereocenters. The summed E-state index contributed by atoms with van der Waals surface area (Å²) in [5.74, 6) is 0.736. The average Bonchev–Trinajstić information content (AvgIpc) is 2.93. The van der Waals surface area contributed by atoms with Gasteiger partial charge in [0.2, 0.25) is 0 Å². The van der Waals surface area contributed by atoms with Gasteiger partial charge in [-0.15, -0.1) is 11.3 Å². The van der Waals surface area contributed by atoms with Crippen LogP contribution in [-0.4, -0.2) is 36.6 Å². The van der Waals surface area contributed by atoms with Crippen LogP contribution in [0.25, 0.3) is 0 Å². The van der Waals surface area contributed by atoms with Gasteiger partial charge in [-0.05, 0) is 17.7 Å². The molecule has 1 unspecified atom stereocenters. The molecule has 2 N–H and O–H groups in total. The molecule has 0 aliphatic carbocycles. The van der Waals surface area contributed by atoms with Gasteiger partial charge in [0.05, 0.1) is 17.0 Å². The third kappa shape index (κ3) is 4.73. The molecule has 0 amide bonds. The Hall–Kier alpha value is -1.56. The van der Waals surface area contributed by atoms with Crippen LogP contribution in [0.2, 0.25) is 4.34 Å². The van der Waals surface area contributed by atoms with Crippen molar-refractivity contribution >= 4 is 28.9 Å². The predicted octanol–water partition coefficient (Wildman–Crippen LogP) is 3.14. The van der Waals surface area contributed by atoms with Gasteiger partial charge in [-0.25, -0.2) is 0 Å². The molecule has 1 aromatic carbocycles. The summed E-state index contributed by atoms with van der Waals surface area (Å²) < 4.78 is 0.783. The van der Waals surface area contributed by atoms with Crippen LogP contribution in [0.5, 0.6) is 0 Å². The molecular formula is C16H20ClN3OS. The second-order valence-electron chi connectivity index (χ2n) is 4.92. The molecule has 0 radical (unpaired) electrons. The van der Waals surface area contributed by atoms with Crippen LogP contribution in [0.3, 0.4) is 0 Å². The highest BCUT2D eigenvalue weighted by atomic mass is 35.5. The summed E-state index contributed by atoms with van der Waals surface area (Å²) in [5.41, 5.74) is 0.887. The molecule has 1 aromatic heterocycles. The Morgan fingerprint density at radius 3 is 2.64 bits per heavy atom. The van der Waals surface area contributed by atoms with Gasteiger partial charge in [-0.3, -0.25) is 4.99 Å². The number of nitrogens with zero attached hydrogens (tertiary/aromatic N) is 2. The van der Waals surface area contributed by atoms with Crippen LogP contribution in [0.4, 0.5) is 0 Å². The molecule has 2 aromatic rings.